The summed E-state index contributed by atoms with van der Waals surface area (Å²) in [5.41, 5.74) is 7.06. The van der Waals surface area contributed by atoms with Crippen LogP contribution in [0.5, 0.6) is 0 Å². The van der Waals surface area contributed by atoms with Crippen molar-refractivity contribution >= 4 is 17.3 Å². The molecule has 1 fully saturated rings. The van der Waals surface area contributed by atoms with Gasteiger partial charge in [0.15, 0.2) is 0 Å². The molecule has 0 aromatic heterocycles. The van der Waals surface area contributed by atoms with Crippen molar-refractivity contribution in [2.24, 2.45) is 5.92 Å². The second-order valence-electron chi connectivity index (χ2n) is 5.67. The van der Waals surface area contributed by atoms with Crippen molar-refractivity contribution in [1.29, 1.82) is 0 Å². The molecule has 4 heteroatoms. The molecule has 3 N–H and O–H groups in total. The second kappa shape index (κ2) is 7.29. The van der Waals surface area contributed by atoms with Gasteiger partial charge in [0.1, 0.15) is 0 Å². The lowest BCUT2D eigenvalue weighted by molar-refractivity contribution is -0.117. The average molecular weight is 276 g/mol. The summed E-state index contributed by atoms with van der Waals surface area (Å²) < 4.78 is 5.78. The summed E-state index contributed by atoms with van der Waals surface area (Å²) >= 11 is 0. The molecule has 1 aliphatic rings. The van der Waals surface area contributed by atoms with E-state index < -0.39 is 0 Å². The van der Waals surface area contributed by atoms with Crippen LogP contribution in [0.2, 0.25) is 0 Å². The Morgan fingerprint density at radius 3 is 2.55 bits per heavy atom. The van der Waals surface area contributed by atoms with Crippen molar-refractivity contribution in [1.82, 2.24) is 0 Å². The highest BCUT2D eigenvalue weighted by atomic mass is 16.5. The van der Waals surface area contributed by atoms with E-state index in [4.69, 9.17) is 10.5 Å². The van der Waals surface area contributed by atoms with Gasteiger partial charge in [-0.15, -0.1) is 0 Å². The van der Waals surface area contributed by atoms with Crippen molar-refractivity contribution < 1.29 is 9.53 Å². The van der Waals surface area contributed by atoms with Gasteiger partial charge in [0.2, 0.25) is 5.91 Å². The molecular weight excluding hydrogens is 252 g/mol. The normalized spacial score (nSPS) is 22.4. The maximum Gasteiger partial charge on any atom is 0.226 e. The first kappa shape index (κ1) is 14.9. The summed E-state index contributed by atoms with van der Waals surface area (Å²) in [6, 6.07) is 7.15. The molecule has 4 nitrogen and oxygen atoms in total. The average Bonchev–Trinajstić information content (AvgIpc) is 2.44. The highest BCUT2D eigenvalue weighted by molar-refractivity contribution is 5.90. The van der Waals surface area contributed by atoms with Gasteiger partial charge in [-0.1, -0.05) is 6.92 Å². The molecular formula is C16H24N2O2. The first-order chi connectivity index (χ1) is 9.63. The van der Waals surface area contributed by atoms with Gasteiger partial charge in [-0.3, -0.25) is 4.79 Å². The van der Waals surface area contributed by atoms with Crippen molar-refractivity contribution in [3.05, 3.63) is 24.3 Å². The number of hydrogen-bond donors (Lipinski definition) is 2. The number of nitrogens with two attached hydrogens (primary N) is 1. The molecule has 0 radical (unpaired) electrons. The third kappa shape index (κ3) is 4.85. The third-order valence-corrected chi connectivity index (χ3v) is 3.84. The van der Waals surface area contributed by atoms with Gasteiger partial charge in [-0.25, -0.2) is 0 Å². The molecule has 1 saturated carbocycles. The van der Waals surface area contributed by atoms with Gasteiger partial charge in [-0.05, 0) is 55.9 Å². The number of nitrogens with one attached hydrogen (secondary N) is 1. The second-order valence-corrected chi connectivity index (χ2v) is 5.67. The molecule has 0 atom stereocenters. The Kier molecular flexibility index (Phi) is 5.41. The van der Waals surface area contributed by atoms with Crippen LogP contribution in [0.1, 0.15) is 39.0 Å². The molecule has 2 rings (SSSR count). The van der Waals surface area contributed by atoms with Crippen LogP contribution in [0, 0.1) is 5.92 Å². The Labute approximate surface area is 120 Å². The van der Waals surface area contributed by atoms with E-state index in [9.17, 15) is 4.79 Å². The predicted molar refractivity (Wildman–Crippen MR) is 81.5 cm³/mol. The van der Waals surface area contributed by atoms with Crippen LogP contribution >= 0.6 is 0 Å². The molecule has 1 amide bonds. The van der Waals surface area contributed by atoms with Crippen molar-refractivity contribution in [2.45, 2.75) is 45.1 Å². The first-order valence-electron chi connectivity index (χ1n) is 7.40. The quantitative estimate of drug-likeness (QED) is 0.812. The summed E-state index contributed by atoms with van der Waals surface area (Å²) in [6.45, 7) is 2.79. The molecule has 1 aliphatic carbocycles. The van der Waals surface area contributed by atoms with Crippen LogP contribution in [0.15, 0.2) is 24.3 Å². The summed E-state index contributed by atoms with van der Waals surface area (Å²) in [6.07, 6.45) is 5.47. The Morgan fingerprint density at radius 1 is 1.25 bits per heavy atom. The minimum Gasteiger partial charge on any atom is -0.399 e. The van der Waals surface area contributed by atoms with E-state index in [0.717, 1.165) is 24.4 Å². The third-order valence-electron chi connectivity index (χ3n) is 3.84. The minimum absolute atomic E-state index is 0.0149. The van der Waals surface area contributed by atoms with E-state index >= 15 is 0 Å². The van der Waals surface area contributed by atoms with Crippen LogP contribution < -0.4 is 11.1 Å². The van der Waals surface area contributed by atoms with Gasteiger partial charge in [0, 0.05) is 11.4 Å². The van der Waals surface area contributed by atoms with E-state index in [2.05, 4.69) is 12.2 Å². The van der Waals surface area contributed by atoms with Crippen LogP contribution in [0.25, 0.3) is 0 Å². The number of ether oxygens (including phenoxy) is 1. The molecule has 0 spiro atoms. The maximum atomic E-state index is 11.8. The number of carbonyl (C=O) groups excluding carboxylic acids is 1. The van der Waals surface area contributed by atoms with Gasteiger partial charge in [-0.2, -0.15) is 0 Å². The van der Waals surface area contributed by atoms with E-state index in [-0.39, 0.29) is 5.91 Å². The predicted octanol–water partition coefficient (Wildman–Crippen LogP) is 3.19. The lowest BCUT2D eigenvalue weighted by Crippen LogP contribution is -2.22. The van der Waals surface area contributed by atoms with Gasteiger partial charge in [0.25, 0.3) is 0 Å². The van der Waals surface area contributed by atoms with Crippen LogP contribution in [0.3, 0.4) is 0 Å². The Hall–Kier alpha value is -1.55. The van der Waals surface area contributed by atoms with E-state index in [1.54, 1.807) is 24.3 Å². The highest BCUT2D eigenvalue weighted by Gasteiger charge is 2.18. The summed E-state index contributed by atoms with van der Waals surface area (Å²) in [5.74, 6) is 0.808. The molecule has 0 saturated heterocycles. The zero-order valence-electron chi connectivity index (χ0n) is 12.1. The number of benzene rings is 1. The fraction of sp³-hybridized carbons (Fsp3) is 0.562. The largest absolute Gasteiger partial charge is 0.399 e. The van der Waals surface area contributed by atoms with Crippen LogP contribution in [0.4, 0.5) is 11.4 Å². The monoisotopic (exact) mass is 276 g/mol. The minimum atomic E-state index is -0.0149. The van der Waals surface area contributed by atoms with Gasteiger partial charge in [0.05, 0.1) is 19.1 Å². The summed E-state index contributed by atoms with van der Waals surface area (Å²) in [4.78, 5) is 11.8. The first-order valence-corrected chi connectivity index (χ1v) is 7.40. The molecule has 0 unspecified atom stereocenters. The lowest BCUT2D eigenvalue weighted by atomic mass is 9.89. The van der Waals surface area contributed by atoms with E-state index in [1.807, 2.05) is 0 Å². The molecule has 20 heavy (non-hydrogen) atoms. The molecule has 1 aromatic carbocycles. The van der Waals surface area contributed by atoms with Crippen molar-refractivity contribution in [2.75, 3.05) is 17.7 Å². The molecule has 0 heterocycles. The number of hydrogen-bond acceptors (Lipinski definition) is 3. The Balaban J connectivity index is 1.64. The standard InChI is InChI=1S/C16H24N2O2/c1-12-2-8-15(9-3-12)20-11-10-16(19)18-14-6-4-13(17)5-7-14/h4-7,12,15H,2-3,8-11,17H2,1H3,(H,18,19). The number of nitrogen functional groups attached to an aromatic ring is 1. The smallest absolute Gasteiger partial charge is 0.226 e. The van der Waals surface area contributed by atoms with Gasteiger partial charge >= 0.3 is 0 Å². The molecule has 1 aromatic rings. The number of amides is 1. The van der Waals surface area contributed by atoms with Crippen molar-refractivity contribution in [3.63, 3.8) is 0 Å². The SMILES string of the molecule is CC1CCC(OCCC(=O)Nc2ccc(N)cc2)CC1. The zero-order chi connectivity index (χ0) is 14.4. The Bertz CT molecular complexity index is 423. The summed E-state index contributed by atoms with van der Waals surface area (Å²) in [5, 5.41) is 2.84. The zero-order valence-corrected chi connectivity index (χ0v) is 12.1. The van der Waals surface area contributed by atoms with E-state index in [0.29, 0.717) is 24.8 Å². The molecule has 110 valence electrons. The molecule has 0 bridgehead atoms. The Morgan fingerprint density at radius 2 is 1.90 bits per heavy atom. The summed E-state index contributed by atoms with van der Waals surface area (Å²) in [7, 11) is 0. The van der Waals surface area contributed by atoms with Crippen LogP contribution in [-0.4, -0.2) is 18.6 Å². The fourth-order valence-corrected chi connectivity index (χ4v) is 2.50. The lowest BCUT2D eigenvalue weighted by Gasteiger charge is -2.26. The number of anilines is 2. The van der Waals surface area contributed by atoms with E-state index in [1.165, 1.54) is 12.8 Å². The number of carbonyl (C=O) groups is 1. The number of rotatable bonds is 5. The molecule has 0 aliphatic heterocycles. The topological polar surface area (TPSA) is 64.3 Å². The highest BCUT2D eigenvalue weighted by Crippen LogP contribution is 2.25. The van der Waals surface area contributed by atoms with Crippen molar-refractivity contribution in [3.8, 4) is 0 Å². The van der Waals surface area contributed by atoms with Gasteiger partial charge < -0.3 is 15.8 Å². The van der Waals surface area contributed by atoms with Crippen LogP contribution in [-0.2, 0) is 9.53 Å². The fourth-order valence-electron chi connectivity index (χ4n) is 2.50. The maximum absolute atomic E-state index is 11.8.